The molecule has 15 aromatic carbocycles. The normalized spacial score (nSPS) is 13.4. The van der Waals surface area contributed by atoms with Crippen LogP contribution in [0.4, 0.5) is 56.9 Å². The second kappa shape index (κ2) is 57.9. The fourth-order valence-electron chi connectivity index (χ4n) is 17.5. The number of fused-ring (bicyclic) bond motifs is 10. The third-order valence-corrected chi connectivity index (χ3v) is 30.1. The standard InChI is InChI=1S/C31H26P2.C23H20N4.C17H20NP.C14H9N3.C14H12N.C11H8N.C9H8BN2.C5H8O2.3Cu.Ir.Pt/c1-4-16-27(17-5-1)32-30-22-12-10-14-25(30)24-26-15-11-13-23-31(26)33(28-18-6-2-7-19-28)29-20-8-3-9-21-29;1-24-14-8-3-5-10-16(14)26-18-12-7-13-19-20(18)21(22(24)26)23-25(2)15-9-4-6-11-17(15)27(19)23;1-13(2)12-19-17-11-7-6-10-16(17)18-15-9-5-4-8-14(15)3;1-3-7-11(8-4-1)13-15-14(17-16-13)12-9-5-2-6-10-12;1-11-7-3-5-9-13(11)15-14-10-6-4-8-12(14)2;1-2-6-10(7-3-1)11-8-4-5-9-12-11;1-3-7-11-9(5-1)10-6-2-4-8-12-10;1-4(6)3-5(2)7;;;;;/h1-23,32H,24H2;3-13,21-23H,1-2H3;4-11,13,19H,3,12H2,1-2H3;1-9H;3-10H,1-2H2;1-6,8-9H;1-8H;3,6H,1-2H3;;;;;/q;;2*-2;-3;2*-1;;;;+2;;/p+1/b;;;;;;;4-3-;;;;;. The number of rotatable bonds is 19. The number of benzene rings is 15. The summed E-state index contributed by atoms with van der Waals surface area (Å²) < 4.78 is 0. The second-order valence-electron chi connectivity index (χ2n) is 34.6. The SMILES string of the molecule is C1=C[N-]B(c2ccccn2)C=C1.CC(=O)/C=C(/C)O.CN1c2ccccc2N2c3cccc4c3C(C12)C1N(C)c2ccccc2N41.[CH2-]c1ccccc1[N-]c1ccccc1PCC(C)C.[CH2-]c1ccccc1[N-]c1ccccc1[CH2-].[Cu+2].[Cu].[Cu].[Ir].[Pt].[c-]1ccccc1-c1ccccn1.[c-]1ccccc1-c1nc(-c2ccccc2)n[n-]1.c1ccc(Pc2ccccc2Cc2ccccc2[PH+](c2ccccc2)c2ccccc2)cc1. The van der Waals surface area contributed by atoms with E-state index in [0.717, 1.165) is 88.3 Å². The van der Waals surface area contributed by atoms with Crippen molar-refractivity contribution in [1.29, 1.82) is 0 Å². The quantitative estimate of drug-likeness (QED) is 0.0270. The van der Waals surface area contributed by atoms with Gasteiger partial charge in [0.05, 0.1) is 42.3 Å². The molecule has 0 saturated carbocycles. The molecule has 1 N–H and O–H groups in total. The number of aliphatic hydroxyl groups is 1. The van der Waals surface area contributed by atoms with Crippen LogP contribution in [0.3, 0.4) is 0 Å². The average molecular weight is 2480 g/mol. The third-order valence-electron chi connectivity index (χ3n) is 24.1. The van der Waals surface area contributed by atoms with Crippen molar-refractivity contribution in [1.82, 2.24) is 25.1 Å². The van der Waals surface area contributed by atoms with Gasteiger partial charge >= 0.3 is 17.1 Å². The minimum atomic E-state index is -1.09. The molecule has 14 nitrogen and oxygen atoms in total. The van der Waals surface area contributed by atoms with Gasteiger partial charge in [0, 0.05) is 137 Å². The van der Waals surface area contributed by atoms with Crippen molar-refractivity contribution in [3.63, 3.8) is 0 Å². The van der Waals surface area contributed by atoms with E-state index >= 15 is 0 Å². The van der Waals surface area contributed by atoms with Crippen LogP contribution in [0, 0.1) is 38.8 Å². The summed E-state index contributed by atoms with van der Waals surface area (Å²) in [6, 6.07) is 151. The molecule has 4 radical (unpaired) electrons. The molecule has 756 valence electrons. The topological polar surface area (TPSA) is 158 Å². The first-order chi connectivity index (χ1) is 69.6. The predicted octanol–water partition coefficient (Wildman–Crippen LogP) is 27.0. The van der Waals surface area contributed by atoms with Crippen molar-refractivity contribution in [2.24, 2.45) is 5.92 Å². The molecule has 3 aromatic heterocycles. The molecular formula is C124H112BCu3IrN12O2P3Pt-6. The Hall–Kier alpha value is -13.1. The van der Waals surface area contributed by atoms with Crippen LogP contribution in [0.15, 0.2) is 467 Å². The Balaban J connectivity index is 0.000000165. The van der Waals surface area contributed by atoms with Gasteiger partial charge in [0.25, 0.3) is 0 Å². The third kappa shape index (κ3) is 30.1. The van der Waals surface area contributed by atoms with Crippen molar-refractivity contribution < 1.29 is 102 Å². The monoisotopic (exact) mass is 2480 g/mol. The number of likely N-dealkylation sites (N-methyl/N-ethyl adjacent to an activating group) is 2. The molecule has 0 fully saturated rings. The molecule has 147 heavy (non-hydrogen) atoms. The van der Waals surface area contributed by atoms with Crippen molar-refractivity contribution >= 4 is 132 Å². The predicted molar refractivity (Wildman–Crippen MR) is 605 cm³/mol. The van der Waals surface area contributed by atoms with Gasteiger partial charge in [-0.3, -0.25) is 31.9 Å². The van der Waals surface area contributed by atoms with Gasteiger partial charge in [-0.2, -0.15) is 30.0 Å². The zero-order chi connectivity index (χ0) is 98.3. The van der Waals surface area contributed by atoms with Crippen LogP contribution in [0.1, 0.15) is 67.0 Å². The first kappa shape index (κ1) is 114. The van der Waals surface area contributed by atoms with Crippen molar-refractivity contribution in [3.05, 3.63) is 549 Å². The molecule has 5 aliphatic heterocycles. The second-order valence-corrected chi connectivity index (χ2v) is 39.7. The van der Waals surface area contributed by atoms with Gasteiger partial charge in [-0.25, -0.2) is 37.5 Å². The summed E-state index contributed by atoms with van der Waals surface area (Å²) >= 11 is 0. The number of anilines is 6. The molecule has 18 aromatic rings. The smallest absolute Gasteiger partial charge is 0.774 e. The zero-order valence-corrected chi connectivity index (χ0v) is 92.6. The molecule has 0 spiro atoms. The number of para-hydroxylation sites is 8. The van der Waals surface area contributed by atoms with Crippen molar-refractivity contribution in [2.75, 3.05) is 39.9 Å². The molecule has 4 unspecified atom stereocenters. The Bertz CT molecular complexity index is 6970. The Kier molecular flexibility index (Phi) is 44.9. The average Bonchev–Trinajstić information content (AvgIpc) is 1.50. The summed E-state index contributed by atoms with van der Waals surface area (Å²) in [5.74, 6) is 4.38. The van der Waals surface area contributed by atoms with E-state index in [1.54, 1.807) is 18.6 Å². The van der Waals surface area contributed by atoms with Gasteiger partial charge < -0.3 is 55.6 Å². The fourth-order valence-corrected chi connectivity index (χ4v) is 22.6. The molecule has 0 aliphatic carbocycles. The summed E-state index contributed by atoms with van der Waals surface area (Å²) in [5, 5.41) is 38.6. The molecule has 23 heteroatoms. The van der Waals surface area contributed by atoms with Gasteiger partial charge in [-0.05, 0) is 149 Å². The largest absolute Gasteiger partial charge is 2.00 e. The Morgan fingerprint density at radius 1 is 0.490 bits per heavy atom. The number of carbonyl (C=O) groups excluding carboxylic acids is 1. The summed E-state index contributed by atoms with van der Waals surface area (Å²) in [6.45, 7) is 19.4. The molecule has 0 saturated heterocycles. The maximum Gasteiger partial charge on any atom is 2.00 e. The number of allylic oxidation sites excluding steroid dienone is 4. The van der Waals surface area contributed by atoms with Gasteiger partial charge in [-0.1, -0.05) is 280 Å². The molecule has 0 amide bonds. The summed E-state index contributed by atoms with van der Waals surface area (Å²) in [7, 11) is 4.90. The molecule has 0 bridgehead atoms. The number of pyridine rings is 2. The van der Waals surface area contributed by atoms with Gasteiger partial charge in [-0.15, -0.1) is 120 Å². The van der Waals surface area contributed by atoms with Crippen LogP contribution in [-0.4, -0.2) is 70.4 Å². The van der Waals surface area contributed by atoms with E-state index < -0.39 is 7.92 Å². The molecule has 4 atom stereocenters. The number of ketones is 1. The number of hydrogen-bond donors (Lipinski definition) is 1. The zero-order valence-electron chi connectivity index (χ0n) is 82.1. The minimum Gasteiger partial charge on any atom is -0.774 e. The number of nitrogens with zero attached hydrogens (tertiary/aromatic N) is 12. The fraction of sp³-hybridized carbons (Fsp3) is 0.0968. The maximum atomic E-state index is 10.0. The number of carbonyl (C=O) groups is 1. The molecule has 23 rings (SSSR count). The van der Waals surface area contributed by atoms with E-state index in [4.69, 9.17) is 10.4 Å². The van der Waals surface area contributed by atoms with Crippen LogP contribution in [0.5, 0.6) is 0 Å². The van der Waals surface area contributed by atoms with E-state index in [1.165, 1.54) is 109 Å². The first-order valence-corrected chi connectivity index (χ1v) is 51.2. The first-order valence-electron chi connectivity index (χ1n) is 47.5. The molecular weight excluding hydrogens is 2370 g/mol. The maximum absolute atomic E-state index is 10.0. The Labute approximate surface area is 932 Å². The van der Waals surface area contributed by atoms with Gasteiger partial charge in [0.1, 0.15) is 35.1 Å². The Morgan fingerprint density at radius 3 is 1.43 bits per heavy atom. The summed E-state index contributed by atoms with van der Waals surface area (Å²) in [5.41, 5.74) is 24.0. The van der Waals surface area contributed by atoms with E-state index in [1.807, 2.05) is 212 Å². The summed E-state index contributed by atoms with van der Waals surface area (Å²) in [6.07, 6.45) is 13.3. The van der Waals surface area contributed by atoms with Crippen LogP contribution >= 0.6 is 25.1 Å². The van der Waals surface area contributed by atoms with E-state index in [2.05, 4.69) is 341 Å². The minimum absolute atomic E-state index is 0. The Morgan fingerprint density at radius 2 is 0.939 bits per heavy atom. The molecule has 5 aliphatic rings. The van der Waals surface area contributed by atoms with E-state index in [0.29, 0.717) is 38.5 Å². The van der Waals surface area contributed by atoms with Gasteiger partial charge in [0.15, 0.2) is 5.78 Å². The van der Waals surface area contributed by atoms with Crippen LogP contribution in [0.25, 0.3) is 49.9 Å². The summed E-state index contributed by atoms with van der Waals surface area (Å²) in [4.78, 5) is 32.9. The van der Waals surface area contributed by atoms with Crippen molar-refractivity contribution in [3.8, 4) is 34.0 Å². The van der Waals surface area contributed by atoms with E-state index in [-0.39, 0.29) is 111 Å². The van der Waals surface area contributed by atoms with Crippen LogP contribution < -0.4 is 62.1 Å². The number of hydrogen-bond acceptors (Lipinski definition) is 10. The number of aliphatic hydroxyl groups excluding tert-OH is 1. The van der Waals surface area contributed by atoms with Crippen molar-refractivity contribution in [2.45, 2.75) is 52.4 Å². The van der Waals surface area contributed by atoms with Gasteiger partial charge in [0.2, 0.25) is 0 Å². The van der Waals surface area contributed by atoms with Crippen LogP contribution in [0.2, 0.25) is 0 Å². The molecule has 8 heterocycles. The van der Waals surface area contributed by atoms with Crippen LogP contribution in [-0.2, 0) is 104 Å². The number of aromatic nitrogens is 5. The van der Waals surface area contributed by atoms with E-state index in [9.17, 15) is 4.79 Å².